The van der Waals surface area contributed by atoms with Crippen molar-refractivity contribution in [1.82, 2.24) is 5.32 Å². The highest BCUT2D eigenvalue weighted by atomic mass is 79.9. The van der Waals surface area contributed by atoms with Gasteiger partial charge in [-0.2, -0.15) is 4.39 Å². The van der Waals surface area contributed by atoms with Gasteiger partial charge in [0.05, 0.1) is 4.92 Å². The number of rotatable bonds is 5. The zero-order valence-corrected chi connectivity index (χ0v) is 12.1. The first-order chi connectivity index (χ1) is 9.08. The second-order valence-electron chi connectivity index (χ2n) is 3.84. The molecule has 0 amide bonds. The number of hydrogen-bond acceptors (Lipinski definition) is 4. The minimum atomic E-state index is -0.804. The quantitative estimate of drug-likeness (QED) is 0.662. The molecule has 2 aromatic rings. The maximum atomic E-state index is 13.4. The second kappa shape index (κ2) is 6.23. The Balaban J connectivity index is 1.95. The van der Waals surface area contributed by atoms with E-state index < -0.39 is 16.4 Å². The van der Waals surface area contributed by atoms with Crippen LogP contribution in [0.2, 0.25) is 0 Å². The van der Waals surface area contributed by atoms with Crippen LogP contribution in [0.4, 0.5) is 10.1 Å². The van der Waals surface area contributed by atoms with E-state index in [1.54, 1.807) is 17.4 Å². The summed E-state index contributed by atoms with van der Waals surface area (Å²) in [5.74, 6) is -0.804. The molecule has 1 aromatic carbocycles. The van der Waals surface area contributed by atoms with Crippen molar-refractivity contribution in [3.05, 3.63) is 60.5 Å². The molecule has 0 aliphatic rings. The summed E-state index contributed by atoms with van der Waals surface area (Å²) in [7, 11) is 0. The Bertz CT molecular complexity index is 603. The Morgan fingerprint density at radius 1 is 1.37 bits per heavy atom. The molecule has 0 aliphatic heterocycles. The van der Waals surface area contributed by atoms with Gasteiger partial charge in [-0.1, -0.05) is 6.07 Å². The summed E-state index contributed by atoms with van der Waals surface area (Å²) >= 11 is 5.05. The number of nitrogens with one attached hydrogen (secondary N) is 1. The Morgan fingerprint density at radius 2 is 2.16 bits per heavy atom. The maximum Gasteiger partial charge on any atom is 0.304 e. The molecule has 0 fully saturated rings. The van der Waals surface area contributed by atoms with Crippen LogP contribution in [0.15, 0.2) is 34.1 Å². The molecule has 0 saturated heterocycles. The molecule has 0 aliphatic carbocycles. The smallest absolute Gasteiger partial charge is 0.304 e. The maximum absolute atomic E-state index is 13.4. The summed E-state index contributed by atoms with van der Waals surface area (Å²) in [5, 5.41) is 15.6. The molecule has 0 unspecified atom stereocenters. The van der Waals surface area contributed by atoms with Gasteiger partial charge in [0.15, 0.2) is 0 Å². The summed E-state index contributed by atoms with van der Waals surface area (Å²) < 4.78 is 14.4. The Hall–Kier alpha value is -1.31. The van der Waals surface area contributed by atoms with Crippen LogP contribution in [0.3, 0.4) is 0 Å². The average molecular weight is 345 g/mol. The lowest BCUT2D eigenvalue weighted by Crippen LogP contribution is -2.12. The Kier molecular flexibility index (Phi) is 4.62. The van der Waals surface area contributed by atoms with Gasteiger partial charge in [-0.15, -0.1) is 11.3 Å². The molecule has 1 aromatic heterocycles. The lowest BCUT2D eigenvalue weighted by molar-refractivity contribution is -0.387. The number of nitrogens with zero attached hydrogens (tertiary/aromatic N) is 1. The van der Waals surface area contributed by atoms with E-state index in [2.05, 4.69) is 21.2 Å². The number of hydrogen-bond donors (Lipinski definition) is 1. The number of nitro benzene ring substituents is 1. The molecule has 0 saturated carbocycles. The molecule has 100 valence electrons. The van der Waals surface area contributed by atoms with Crippen LogP contribution < -0.4 is 5.32 Å². The summed E-state index contributed by atoms with van der Waals surface area (Å²) in [6, 6.07) is 5.90. The molecule has 1 heterocycles. The van der Waals surface area contributed by atoms with E-state index in [1.165, 1.54) is 12.1 Å². The molecule has 7 heteroatoms. The molecule has 0 radical (unpaired) electrons. The van der Waals surface area contributed by atoms with E-state index in [-0.39, 0.29) is 0 Å². The topological polar surface area (TPSA) is 55.2 Å². The summed E-state index contributed by atoms with van der Waals surface area (Å²) in [6.07, 6.45) is 0. The van der Waals surface area contributed by atoms with Crippen LogP contribution in [-0.4, -0.2) is 4.92 Å². The highest BCUT2D eigenvalue weighted by Gasteiger charge is 2.13. The van der Waals surface area contributed by atoms with Gasteiger partial charge >= 0.3 is 5.69 Å². The molecule has 2 rings (SSSR count). The van der Waals surface area contributed by atoms with Crippen molar-refractivity contribution in [3.8, 4) is 0 Å². The van der Waals surface area contributed by atoms with Crippen LogP contribution in [0, 0.1) is 15.9 Å². The van der Waals surface area contributed by atoms with Crippen LogP contribution in [-0.2, 0) is 13.1 Å². The zero-order valence-electron chi connectivity index (χ0n) is 9.73. The fraction of sp³-hybridized carbons (Fsp3) is 0.167. The van der Waals surface area contributed by atoms with Crippen LogP contribution >= 0.6 is 27.3 Å². The van der Waals surface area contributed by atoms with E-state index in [0.717, 1.165) is 9.35 Å². The highest BCUT2D eigenvalue weighted by Crippen LogP contribution is 2.22. The first kappa shape index (κ1) is 14.1. The normalized spacial score (nSPS) is 10.6. The lowest BCUT2D eigenvalue weighted by atomic mass is 10.2. The SMILES string of the molecule is O=[N+]([O-])c1ccc(CNCc2sccc2Br)cc1F. The van der Waals surface area contributed by atoms with Crippen molar-refractivity contribution in [1.29, 1.82) is 0 Å². The van der Waals surface area contributed by atoms with Crippen molar-refractivity contribution >= 4 is 33.0 Å². The lowest BCUT2D eigenvalue weighted by Gasteiger charge is -2.04. The third-order valence-electron chi connectivity index (χ3n) is 2.51. The van der Waals surface area contributed by atoms with Gasteiger partial charge in [-0.3, -0.25) is 10.1 Å². The van der Waals surface area contributed by atoms with E-state index in [1.807, 2.05) is 11.4 Å². The Morgan fingerprint density at radius 3 is 2.74 bits per heavy atom. The fourth-order valence-electron chi connectivity index (χ4n) is 1.58. The number of thiophene rings is 1. The summed E-state index contributed by atoms with van der Waals surface area (Å²) in [6.45, 7) is 1.12. The number of nitro groups is 1. The molecule has 1 N–H and O–H groups in total. The predicted molar refractivity (Wildman–Crippen MR) is 75.6 cm³/mol. The molecule has 4 nitrogen and oxygen atoms in total. The monoisotopic (exact) mass is 344 g/mol. The van der Waals surface area contributed by atoms with E-state index in [4.69, 9.17) is 0 Å². The largest absolute Gasteiger partial charge is 0.308 e. The molecular formula is C12H10BrFN2O2S. The first-order valence-electron chi connectivity index (χ1n) is 5.43. The standard InChI is InChI=1S/C12H10BrFN2O2S/c13-9-3-4-19-12(9)7-15-6-8-1-2-11(16(17)18)10(14)5-8/h1-5,15H,6-7H2. The third kappa shape index (κ3) is 3.59. The summed E-state index contributed by atoms with van der Waals surface area (Å²) in [5.41, 5.74) is 0.181. The van der Waals surface area contributed by atoms with Gasteiger partial charge in [-0.25, -0.2) is 0 Å². The molecule has 19 heavy (non-hydrogen) atoms. The van der Waals surface area contributed by atoms with Gasteiger partial charge in [0.2, 0.25) is 5.82 Å². The van der Waals surface area contributed by atoms with E-state index in [0.29, 0.717) is 18.7 Å². The van der Waals surface area contributed by atoms with E-state index in [9.17, 15) is 14.5 Å². The Labute approximate surface area is 121 Å². The van der Waals surface area contributed by atoms with Gasteiger partial charge < -0.3 is 5.32 Å². The van der Waals surface area contributed by atoms with Gasteiger partial charge in [-0.05, 0) is 39.0 Å². The highest BCUT2D eigenvalue weighted by molar-refractivity contribution is 9.10. The van der Waals surface area contributed by atoms with Crippen LogP contribution in [0.1, 0.15) is 10.4 Å². The average Bonchev–Trinajstić information content (AvgIpc) is 2.75. The first-order valence-corrected chi connectivity index (χ1v) is 7.10. The van der Waals surface area contributed by atoms with Crippen molar-refractivity contribution in [3.63, 3.8) is 0 Å². The fourth-order valence-corrected chi connectivity index (χ4v) is 3.04. The van der Waals surface area contributed by atoms with Crippen molar-refractivity contribution in [2.75, 3.05) is 0 Å². The minimum Gasteiger partial charge on any atom is -0.308 e. The van der Waals surface area contributed by atoms with Crippen LogP contribution in [0.5, 0.6) is 0 Å². The van der Waals surface area contributed by atoms with Gasteiger partial charge in [0.1, 0.15) is 0 Å². The van der Waals surface area contributed by atoms with Crippen LogP contribution in [0.25, 0.3) is 0 Å². The van der Waals surface area contributed by atoms with E-state index >= 15 is 0 Å². The number of halogens is 2. The third-order valence-corrected chi connectivity index (χ3v) is 4.44. The molecule has 0 atom stereocenters. The molecule has 0 bridgehead atoms. The minimum absolute atomic E-state index is 0.458. The van der Waals surface area contributed by atoms with Gasteiger partial charge in [0, 0.05) is 28.5 Å². The second-order valence-corrected chi connectivity index (χ2v) is 5.69. The number of benzene rings is 1. The predicted octanol–water partition coefficient (Wildman–Crippen LogP) is 3.85. The molecular weight excluding hydrogens is 335 g/mol. The van der Waals surface area contributed by atoms with Crippen molar-refractivity contribution < 1.29 is 9.31 Å². The zero-order chi connectivity index (χ0) is 13.8. The molecule has 0 spiro atoms. The summed E-state index contributed by atoms with van der Waals surface area (Å²) in [4.78, 5) is 10.9. The van der Waals surface area contributed by atoms with Gasteiger partial charge in [0.25, 0.3) is 0 Å². The van der Waals surface area contributed by atoms with Crippen molar-refractivity contribution in [2.45, 2.75) is 13.1 Å². The van der Waals surface area contributed by atoms with Crippen molar-refractivity contribution in [2.24, 2.45) is 0 Å².